The van der Waals surface area contributed by atoms with E-state index in [9.17, 15) is 24.3 Å². The molecule has 0 spiro atoms. The number of imidazole rings is 2. The Morgan fingerprint density at radius 2 is 1.28 bits per heavy atom. The van der Waals surface area contributed by atoms with Gasteiger partial charge >= 0.3 is 12.2 Å². The fourth-order valence-corrected chi connectivity index (χ4v) is 9.77. The van der Waals surface area contributed by atoms with E-state index < -0.39 is 24.3 Å². The maximum absolute atomic E-state index is 14.1. The molecule has 4 fully saturated rings. The van der Waals surface area contributed by atoms with E-state index in [2.05, 4.69) is 63.1 Å². The number of carbonyl (C=O) groups is 4. The largest absolute Gasteiger partial charge is 0.465 e. The minimum Gasteiger partial charge on any atom is -0.465 e. The van der Waals surface area contributed by atoms with Crippen molar-refractivity contribution < 1.29 is 38.5 Å². The van der Waals surface area contributed by atoms with Crippen LogP contribution in [0.5, 0.6) is 0 Å². The van der Waals surface area contributed by atoms with Crippen LogP contribution in [0.25, 0.3) is 44.2 Å². The summed E-state index contributed by atoms with van der Waals surface area (Å²) in [6.07, 6.45) is 5.84. The lowest BCUT2D eigenvalue weighted by atomic mass is 9.90. The van der Waals surface area contributed by atoms with Gasteiger partial charge in [0.15, 0.2) is 0 Å². The van der Waals surface area contributed by atoms with Crippen LogP contribution in [0.1, 0.15) is 75.1 Å². The molecule has 2 aromatic heterocycles. The number of likely N-dealkylation sites (tertiary alicyclic amines) is 2. The number of nitrogens with zero attached hydrogens (tertiary/aromatic N) is 4. The normalized spacial score (nSPS) is 21.1. The molecular formula is C45H52N8O8. The fraction of sp³-hybridized carbons (Fsp3) is 0.467. The minimum absolute atomic E-state index is 0.0361. The van der Waals surface area contributed by atoms with Gasteiger partial charge in [0.25, 0.3) is 0 Å². The third-order valence-corrected chi connectivity index (χ3v) is 13.0. The van der Waals surface area contributed by atoms with Gasteiger partial charge in [0.05, 0.1) is 35.9 Å². The predicted molar refractivity (Wildman–Crippen MR) is 225 cm³/mol. The number of methoxy groups -OCH3 is 1. The van der Waals surface area contributed by atoms with Crippen LogP contribution < -0.4 is 10.6 Å². The SMILES string of the molecule is COC(=O)NC(C(=O)N1CCC[C@H]1c1nc2cc(-c3ccc4cc(-c5c[nH]c([C@@H]6CCCN6C(=O)C(NC(=O)O)C6CCOCC6)n5)ccc4c3)ccc2[nH]1)C1CCOCC1. The molecule has 4 aliphatic rings. The minimum atomic E-state index is -1.20. The van der Waals surface area contributed by atoms with E-state index in [4.69, 9.17) is 24.2 Å². The van der Waals surface area contributed by atoms with Crippen molar-refractivity contribution in [2.45, 2.75) is 75.5 Å². The molecule has 5 aromatic rings. The van der Waals surface area contributed by atoms with Crippen LogP contribution in [-0.4, -0.2) is 118 Å². The van der Waals surface area contributed by atoms with E-state index in [1.807, 2.05) is 23.2 Å². The molecule has 0 bridgehead atoms. The Labute approximate surface area is 352 Å². The number of alkyl carbamates (subject to hydrolysis) is 1. The topological polar surface area (TPSA) is 204 Å². The van der Waals surface area contributed by atoms with Crippen molar-refractivity contribution in [1.82, 2.24) is 40.4 Å². The van der Waals surface area contributed by atoms with Crippen LogP contribution in [0.3, 0.4) is 0 Å². The van der Waals surface area contributed by atoms with Gasteiger partial charge in [0.2, 0.25) is 11.8 Å². The van der Waals surface area contributed by atoms with E-state index in [-0.39, 0.29) is 35.7 Å². The Kier molecular flexibility index (Phi) is 11.6. The molecule has 16 nitrogen and oxygen atoms in total. The average molecular weight is 833 g/mol. The van der Waals surface area contributed by atoms with Crippen molar-refractivity contribution in [3.8, 4) is 22.4 Å². The zero-order valence-corrected chi connectivity index (χ0v) is 34.2. The molecule has 0 aliphatic carbocycles. The second kappa shape index (κ2) is 17.5. The molecule has 320 valence electrons. The quantitative estimate of drug-likeness (QED) is 0.106. The zero-order chi connectivity index (χ0) is 42.0. The molecule has 16 heteroatoms. The summed E-state index contributed by atoms with van der Waals surface area (Å²) in [6.45, 7) is 3.26. The second-order valence-electron chi connectivity index (χ2n) is 16.6. The first-order valence-electron chi connectivity index (χ1n) is 21.4. The van der Waals surface area contributed by atoms with Crippen molar-refractivity contribution in [3.63, 3.8) is 0 Å². The third kappa shape index (κ3) is 8.38. The summed E-state index contributed by atoms with van der Waals surface area (Å²) in [5.74, 6) is 0.948. The molecule has 4 atom stereocenters. The summed E-state index contributed by atoms with van der Waals surface area (Å²) < 4.78 is 15.9. The van der Waals surface area contributed by atoms with Gasteiger partial charge in [-0.05, 0) is 109 Å². The highest BCUT2D eigenvalue weighted by atomic mass is 16.5. The van der Waals surface area contributed by atoms with Gasteiger partial charge in [-0.2, -0.15) is 0 Å². The first kappa shape index (κ1) is 40.4. The highest BCUT2D eigenvalue weighted by molar-refractivity contribution is 5.92. The first-order chi connectivity index (χ1) is 29.7. The van der Waals surface area contributed by atoms with Gasteiger partial charge in [-0.15, -0.1) is 0 Å². The predicted octanol–water partition coefficient (Wildman–Crippen LogP) is 6.31. The van der Waals surface area contributed by atoms with Crippen molar-refractivity contribution in [2.75, 3.05) is 46.6 Å². The van der Waals surface area contributed by atoms with Gasteiger partial charge in [-0.3, -0.25) is 9.59 Å². The Bertz CT molecular complexity index is 2420. The van der Waals surface area contributed by atoms with Crippen LogP contribution in [0.15, 0.2) is 60.8 Å². The second-order valence-corrected chi connectivity index (χ2v) is 16.6. The van der Waals surface area contributed by atoms with Gasteiger partial charge in [0, 0.05) is 51.3 Å². The molecule has 5 N–H and O–H groups in total. The molecule has 4 aliphatic heterocycles. The third-order valence-electron chi connectivity index (χ3n) is 13.0. The molecule has 61 heavy (non-hydrogen) atoms. The molecule has 4 amide bonds. The number of amides is 4. The number of ether oxygens (including phenoxy) is 3. The summed E-state index contributed by atoms with van der Waals surface area (Å²) in [5.41, 5.74) is 5.47. The van der Waals surface area contributed by atoms with E-state index >= 15 is 0 Å². The number of carboxylic acid groups (broad SMARTS) is 1. The number of benzene rings is 3. The molecule has 0 saturated carbocycles. The molecule has 6 heterocycles. The number of H-pyrrole nitrogens is 2. The molecule has 9 rings (SSSR count). The highest BCUT2D eigenvalue weighted by Gasteiger charge is 2.41. The number of aromatic amines is 2. The van der Waals surface area contributed by atoms with Crippen LogP contribution in [0.2, 0.25) is 0 Å². The van der Waals surface area contributed by atoms with Gasteiger partial charge in [-0.1, -0.05) is 30.3 Å². The van der Waals surface area contributed by atoms with Crippen LogP contribution in [0, 0.1) is 11.8 Å². The summed E-state index contributed by atoms with van der Waals surface area (Å²) >= 11 is 0. The Morgan fingerprint density at radius 3 is 1.90 bits per heavy atom. The molecule has 0 radical (unpaired) electrons. The smallest absolute Gasteiger partial charge is 0.407 e. The monoisotopic (exact) mass is 832 g/mol. The average Bonchev–Trinajstić information content (AvgIpc) is 4.13. The van der Waals surface area contributed by atoms with Crippen molar-refractivity contribution >= 4 is 45.8 Å². The molecular weight excluding hydrogens is 781 g/mol. The summed E-state index contributed by atoms with van der Waals surface area (Å²) in [5, 5.41) is 17.0. The summed E-state index contributed by atoms with van der Waals surface area (Å²) in [6, 6.07) is 16.8. The number of rotatable bonds is 10. The lowest BCUT2D eigenvalue weighted by molar-refractivity contribution is -0.137. The Morgan fingerprint density at radius 1 is 0.721 bits per heavy atom. The summed E-state index contributed by atoms with van der Waals surface area (Å²) in [4.78, 5) is 72.3. The van der Waals surface area contributed by atoms with Crippen LogP contribution >= 0.6 is 0 Å². The van der Waals surface area contributed by atoms with E-state index in [1.54, 1.807) is 4.90 Å². The van der Waals surface area contributed by atoms with Crippen LogP contribution in [-0.2, 0) is 23.8 Å². The molecule has 2 unspecified atom stereocenters. The van der Waals surface area contributed by atoms with Crippen molar-refractivity contribution in [1.29, 1.82) is 0 Å². The first-order valence-corrected chi connectivity index (χ1v) is 21.4. The van der Waals surface area contributed by atoms with Crippen molar-refractivity contribution in [2.24, 2.45) is 11.8 Å². The number of nitrogens with one attached hydrogen (secondary N) is 4. The number of hydrogen-bond donors (Lipinski definition) is 5. The zero-order valence-electron chi connectivity index (χ0n) is 34.2. The standard InChI is InChI=1S/C45H52N8O8/c1-59-45(58)51-39(27-14-20-61-21-15-27)43(55)53-17-3-5-37(53)41-47-33-11-10-31(24-34(33)48-41)29-6-7-30-23-32(9-8-28(30)22-29)35-25-46-40(49-35)36-4-2-16-52(36)42(54)38(50-44(56)57)26-12-18-60-19-13-26/h6-11,22-27,36-39,50H,2-5,12-21H2,1H3,(H,46,49)(H,47,48)(H,51,58)(H,56,57)/t36-,37-,38?,39?/m0/s1. The number of aromatic nitrogens is 4. The van der Waals surface area contributed by atoms with Gasteiger partial charge in [0.1, 0.15) is 23.7 Å². The maximum atomic E-state index is 14.1. The summed E-state index contributed by atoms with van der Waals surface area (Å²) in [7, 11) is 1.31. The maximum Gasteiger partial charge on any atom is 0.407 e. The number of fused-ring (bicyclic) bond motifs is 2. The number of hydrogen-bond acceptors (Lipinski definition) is 9. The molecule has 3 aromatic carbocycles. The Balaban J connectivity index is 0.902. The Hall–Kier alpha value is -6.00. The van der Waals surface area contributed by atoms with Gasteiger partial charge < -0.3 is 49.7 Å². The van der Waals surface area contributed by atoms with Crippen LogP contribution in [0.4, 0.5) is 9.59 Å². The molecule has 4 saturated heterocycles. The van der Waals surface area contributed by atoms with E-state index in [0.717, 1.165) is 75.7 Å². The van der Waals surface area contributed by atoms with E-state index in [1.165, 1.54) is 7.11 Å². The lowest BCUT2D eigenvalue weighted by Gasteiger charge is -2.34. The highest BCUT2D eigenvalue weighted by Crippen LogP contribution is 2.37. The van der Waals surface area contributed by atoms with E-state index in [0.29, 0.717) is 71.0 Å². The lowest BCUT2D eigenvalue weighted by Crippen LogP contribution is -2.53. The van der Waals surface area contributed by atoms with Crippen molar-refractivity contribution in [3.05, 3.63) is 72.4 Å². The number of carbonyl (C=O) groups excluding carboxylic acids is 3. The van der Waals surface area contributed by atoms with Gasteiger partial charge in [-0.25, -0.2) is 19.6 Å². The fourth-order valence-electron chi connectivity index (χ4n) is 9.77.